The van der Waals surface area contributed by atoms with Gasteiger partial charge in [0.25, 0.3) is 0 Å². The summed E-state index contributed by atoms with van der Waals surface area (Å²) < 4.78 is 5.94. The number of halogens is 1. The summed E-state index contributed by atoms with van der Waals surface area (Å²) in [6.07, 6.45) is -0.593. The molecule has 2 aromatic carbocycles. The van der Waals surface area contributed by atoms with Crippen LogP contribution in [0.3, 0.4) is 0 Å². The summed E-state index contributed by atoms with van der Waals surface area (Å²) in [5, 5.41) is 10.2. The van der Waals surface area contributed by atoms with Crippen molar-refractivity contribution in [1.82, 2.24) is 4.90 Å². The minimum absolute atomic E-state index is 0. The molecule has 2 aromatic rings. The fourth-order valence-corrected chi connectivity index (χ4v) is 2.78. The number of aryl methyl sites for hydroxylation is 1. The van der Waals surface area contributed by atoms with E-state index in [1.165, 1.54) is 11.1 Å². The Hall–Kier alpha value is -1.55. The van der Waals surface area contributed by atoms with E-state index in [-0.39, 0.29) is 18.5 Å². The van der Waals surface area contributed by atoms with Crippen molar-refractivity contribution in [2.75, 3.05) is 13.1 Å². The number of benzene rings is 2. The summed E-state index contributed by atoms with van der Waals surface area (Å²) in [7, 11) is 0. The predicted molar refractivity (Wildman–Crippen MR) is 90.6 cm³/mol. The topological polar surface area (TPSA) is 32.7 Å². The highest BCUT2D eigenvalue weighted by molar-refractivity contribution is 5.85. The van der Waals surface area contributed by atoms with Crippen LogP contribution in [0.2, 0.25) is 0 Å². The molecular weight excluding hydrogens is 298 g/mol. The normalized spacial score (nSPS) is 21.4. The quantitative estimate of drug-likeness (QED) is 0.940. The first-order valence-electron chi connectivity index (χ1n) is 7.38. The number of nitrogens with zero attached hydrogens (tertiary/aromatic N) is 1. The van der Waals surface area contributed by atoms with Gasteiger partial charge in [-0.25, -0.2) is 0 Å². The molecule has 0 radical (unpaired) electrons. The van der Waals surface area contributed by atoms with Crippen LogP contribution in [0.15, 0.2) is 54.6 Å². The van der Waals surface area contributed by atoms with Crippen molar-refractivity contribution >= 4 is 12.4 Å². The van der Waals surface area contributed by atoms with Gasteiger partial charge in [-0.1, -0.05) is 42.5 Å². The number of ether oxygens (including phenoxy) is 1. The van der Waals surface area contributed by atoms with Crippen molar-refractivity contribution in [3.05, 3.63) is 65.7 Å². The molecule has 3 rings (SSSR count). The van der Waals surface area contributed by atoms with E-state index in [0.717, 1.165) is 18.8 Å². The molecule has 0 spiro atoms. The van der Waals surface area contributed by atoms with Crippen molar-refractivity contribution < 1.29 is 9.84 Å². The number of aliphatic hydroxyl groups is 1. The number of β-amino-alcohol motifs (C(OH)–C–C–N with tert-alkyl or cyclic N) is 1. The molecule has 1 heterocycles. The number of hydrogen-bond acceptors (Lipinski definition) is 3. The molecule has 1 N–H and O–H groups in total. The monoisotopic (exact) mass is 319 g/mol. The highest BCUT2D eigenvalue weighted by atomic mass is 35.5. The first kappa shape index (κ1) is 16.8. The number of hydrogen-bond donors (Lipinski definition) is 1. The summed E-state index contributed by atoms with van der Waals surface area (Å²) in [6, 6.07) is 18.3. The molecule has 3 nitrogen and oxygen atoms in total. The molecule has 2 unspecified atom stereocenters. The van der Waals surface area contributed by atoms with Gasteiger partial charge in [-0.05, 0) is 30.2 Å². The zero-order valence-electron chi connectivity index (χ0n) is 12.7. The molecule has 0 saturated carbocycles. The van der Waals surface area contributed by atoms with Gasteiger partial charge in [-0.3, -0.25) is 4.90 Å². The molecule has 0 aliphatic carbocycles. The standard InChI is InChI=1S/C18H21NO2.ClH/c1-14-6-5-9-16(10-14)21-18-13-19(12-17(18)20)11-15-7-3-2-4-8-15;/h2-10,17-18,20H,11-13H2,1H3;1H. The van der Waals surface area contributed by atoms with Gasteiger partial charge in [0.05, 0.1) is 0 Å². The zero-order chi connectivity index (χ0) is 14.7. The summed E-state index contributed by atoms with van der Waals surface area (Å²) in [4.78, 5) is 2.24. The Morgan fingerprint density at radius 1 is 1.09 bits per heavy atom. The molecule has 22 heavy (non-hydrogen) atoms. The summed E-state index contributed by atoms with van der Waals surface area (Å²) >= 11 is 0. The average molecular weight is 320 g/mol. The Bertz CT molecular complexity index is 591. The third kappa shape index (κ3) is 4.23. The van der Waals surface area contributed by atoms with E-state index >= 15 is 0 Å². The van der Waals surface area contributed by atoms with Crippen LogP contribution in [0.25, 0.3) is 0 Å². The van der Waals surface area contributed by atoms with Crippen LogP contribution in [0, 0.1) is 6.92 Å². The summed E-state index contributed by atoms with van der Waals surface area (Å²) in [6.45, 7) is 4.31. The Morgan fingerprint density at radius 3 is 2.59 bits per heavy atom. The average Bonchev–Trinajstić information content (AvgIpc) is 2.80. The molecule has 0 amide bonds. The van der Waals surface area contributed by atoms with Crippen molar-refractivity contribution in [3.8, 4) is 5.75 Å². The molecular formula is C18H22ClNO2. The van der Waals surface area contributed by atoms with E-state index in [1.807, 2.05) is 49.4 Å². The summed E-state index contributed by atoms with van der Waals surface area (Å²) in [5.74, 6) is 0.834. The highest BCUT2D eigenvalue weighted by Crippen LogP contribution is 2.21. The van der Waals surface area contributed by atoms with Crippen molar-refractivity contribution in [3.63, 3.8) is 0 Å². The van der Waals surface area contributed by atoms with Crippen LogP contribution in [0.5, 0.6) is 5.75 Å². The van der Waals surface area contributed by atoms with Gasteiger partial charge < -0.3 is 9.84 Å². The number of aliphatic hydroxyl groups excluding tert-OH is 1. The fourth-order valence-electron chi connectivity index (χ4n) is 2.78. The molecule has 0 aromatic heterocycles. The van der Waals surface area contributed by atoms with Gasteiger partial charge in [0, 0.05) is 19.6 Å². The third-order valence-corrected chi connectivity index (χ3v) is 3.84. The predicted octanol–water partition coefficient (Wildman–Crippen LogP) is 3.04. The molecule has 2 atom stereocenters. The highest BCUT2D eigenvalue weighted by Gasteiger charge is 2.32. The minimum Gasteiger partial charge on any atom is -0.486 e. The van der Waals surface area contributed by atoms with Crippen molar-refractivity contribution in [2.24, 2.45) is 0 Å². The Kier molecular flexibility index (Phi) is 5.83. The lowest BCUT2D eigenvalue weighted by Crippen LogP contribution is -2.29. The van der Waals surface area contributed by atoms with Crippen molar-refractivity contribution in [2.45, 2.75) is 25.7 Å². The Balaban J connectivity index is 0.00000176. The van der Waals surface area contributed by atoms with E-state index in [2.05, 4.69) is 17.0 Å². The second-order valence-corrected chi connectivity index (χ2v) is 5.72. The minimum atomic E-state index is -0.436. The molecule has 1 fully saturated rings. The van der Waals surface area contributed by atoms with Gasteiger partial charge in [0.2, 0.25) is 0 Å². The van der Waals surface area contributed by atoms with Gasteiger partial charge in [0.1, 0.15) is 18.0 Å². The van der Waals surface area contributed by atoms with Gasteiger partial charge >= 0.3 is 0 Å². The number of likely N-dealkylation sites (tertiary alicyclic amines) is 1. The van der Waals surface area contributed by atoms with E-state index in [1.54, 1.807) is 0 Å². The van der Waals surface area contributed by atoms with E-state index in [0.29, 0.717) is 6.54 Å². The first-order chi connectivity index (χ1) is 10.2. The lowest BCUT2D eigenvalue weighted by molar-refractivity contribution is 0.0736. The lowest BCUT2D eigenvalue weighted by Gasteiger charge is -2.17. The Labute approximate surface area is 137 Å². The van der Waals surface area contributed by atoms with Crippen LogP contribution < -0.4 is 4.74 Å². The largest absolute Gasteiger partial charge is 0.486 e. The summed E-state index contributed by atoms with van der Waals surface area (Å²) in [5.41, 5.74) is 2.43. The van der Waals surface area contributed by atoms with Crippen molar-refractivity contribution in [1.29, 1.82) is 0 Å². The van der Waals surface area contributed by atoms with Gasteiger partial charge in [-0.2, -0.15) is 0 Å². The van der Waals surface area contributed by atoms with Gasteiger partial charge in [0.15, 0.2) is 0 Å². The first-order valence-corrected chi connectivity index (χ1v) is 7.38. The SMILES string of the molecule is Cc1cccc(OC2CN(Cc3ccccc3)CC2O)c1.Cl. The molecule has 4 heteroatoms. The fraction of sp³-hybridized carbons (Fsp3) is 0.333. The van der Waals surface area contributed by atoms with Gasteiger partial charge in [-0.15, -0.1) is 12.4 Å². The van der Waals surface area contributed by atoms with E-state index in [9.17, 15) is 5.11 Å². The smallest absolute Gasteiger partial charge is 0.138 e. The molecule has 1 aliphatic rings. The molecule has 1 saturated heterocycles. The maximum atomic E-state index is 10.2. The van der Waals surface area contributed by atoms with Crippen LogP contribution >= 0.6 is 12.4 Å². The van der Waals surface area contributed by atoms with Crippen LogP contribution in [-0.4, -0.2) is 35.3 Å². The maximum absolute atomic E-state index is 10.2. The van der Waals surface area contributed by atoms with E-state index < -0.39 is 6.10 Å². The number of rotatable bonds is 4. The Morgan fingerprint density at radius 2 is 1.86 bits per heavy atom. The molecule has 1 aliphatic heterocycles. The third-order valence-electron chi connectivity index (χ3n) is 3.84. The lowest BCUT2D eigenvalue weighted by atomic mass is 10.2. The molecule has 0 bridgehead atoms. The zero-order valence-corrected chi connectivity index (χ0v) is 13.5. The van der Waals surface area contributed by atoms with Crippen LogP contribution in [-0.2, 0) is 6.54 Å². The van der Waals surface area contributed by atoms with Crippen LogP contribution in [0.1, 0.15) is 11.1 Å². The molecule has 118 valence electrons. The maximum Gasteiger partial charge on any atom is 0.138 e. The second-order valence-electron chi connectivity index (χ2n) is 5.72. The van der Waals surface area contributed by atoms with Crippen LogP contribution in [0.4, 0.5) is 0 Å². The second kappa shape index (κ2) is 7.63. The van der Waals surface area contributed by atoms with E-state index in [4.69, 9.17) is 4.74 Å².